The van der Waals surface area contributed by atoms with Crippen LogP contribution < -0.4 is 11.2 Å². The van der Waals surface area contributed by atoms with E-state index in [0.717, 1.165) is 0 Å². The van der Waals surface area contributed by atoms with Gasteiger partial charge in [-0.2, -0.15) is 0 Å². The molecule has 6 heteroatoms. The molecule has 1 rings (SSSR count). The molecule has 2 unspecified atom stereocenters. The van der Waals surface area contributed by atoms with Crippen molar-refractivity contribution in [1.82, 2.24) is 5.48 Å². The molecule has 92 valence electrons. The molecule has 0 heterocycles. The van der Waals surface area contributed by atoms with E-state index in [-0.39, 0.29) is 11.3 Å². The molecular weight excluding hydrogens is 212 g/mol. The molecule has 1 aliphatic carbocycles. The van der Waals surface area contributed by atoms with Crippen LogP contribution in [-0.2, 0) is 14.4 Å². The van der Waals surface area contributed by atoms with Crippen LogP contribution in [0.4, 0.5) is 4.79 Å². The van der Waals surface area contributed by atoms with E-state index in [9.17, 15) is 9.59 Å². The smallest absolute Gasteiger partial charge is 0.405 e. The van der Waals surface area contributed by atoms with Crippen molar-refractivity contribution >= 4 is 12.0 Å². The van der Waals surface area contributed by atoms with Gasteiger partial charge >= 0.3 is 6.09 Å². The van der Waals surface area contributed by atoms with Crippen molar-refractivity contribution in [2.45, 2.75) is 32.8 Å². The van der Waals surface area contributed by atoms with Gasteiger partial charge in [-0.3, -0.25) is 9.63 Å². The van der Waals surface area contributed by atoms with Gasteiger partial charge in [0.05, 0.1) is 7.11 Å². The quantitative estimate of drug-likeness (QED) is 0.693. The summed E-state index contributed by atoms with van der Waals surface area (Å²) < 4.78 is 4.95. The molecule has 6 nitrogen and oxygen atoms in total. The highest BCUT2D eigenvalue weighted by atomic mass is 16.6. The Bertz CT molecular complexity index is 310. The van der Waals surface area contributed by atoms with Crippen molar-refractivity contribution in [1.29, 1.82) is 0 Å². The van der Waals surface area contributed by atoms with E-state index in [1.54, 1.807) is 0 Å². The molecule has 1 fully saturated rings. The van der Waals surface area contributed by atoms with Gasteiger partial charge in [0.15, 0.2) is 5.60 Å². The van der Waals surface area contributed by atoms with Crippen LogP contribution in [0.5, 0.6) is 0 Å². The van der Waals surface area contributed by atoms with Gasteiger partial charge in [-0.15, -0.1) is 0 Å². The number of carbonyl (C=O) groups is 2. The Morgan fingerprint density at radius 1 is 1.44 bits per heavy atom. The number of primary amides is 1. The maximum atomic E-state index is 11.8. The fourth-order valence-electron chi connectivity index (χ4n) is 2.02. The highest BCUT2D eigenvalue weighted by Gasteiger charge is 2.67. The molecule has 0 aliphatic heterocycles. The molecule has 16 heavy (non-hydrogen) atoms. The summed E-state index contributed by atoms with van der Waals surface area (Å²) in [6, 6.07) is 0. The highest BCUT2D eigenvalue weighted by molar-refractivity contribution is 5.90. The summed E-state index contributed by atoms with van der Waals surface area (Å²) in [6.45, 7) is 5.93. The molecule has 0 aromatic heterocycles. The summed E-state index contributed by atoms with van der Waals surface area (Å²) >= 11 is 0. The SMILES string of the molecule is CONC(=O)C1(OC(N)=O)CC1C(C)(C)C. The molecule has 1 saturated carbocycles. The molecule has 0 aromatic rings. The molecule has 2 atom stereocenters. The van der Waals surface area contributed by atoms with Crippen LogP contribution in [0.15, 0.2) is 0 Å². The Morgan fingerprint density at radius 2 is 2.00 bits per heavy atom. The van der Waals surface area contributed by atoms with Gasteiger partial charge in [-0.05, 0) is 5.41 Å². The summed E-state index contributed by atoms with van der Waals surface area (Å²) in [5.74, 6) is -0.517. The van der Waals surface area contributed by atoms with Crippen LogP contribution in [0.2, 0.25) is 0 Å². The summed E-state index contributed by atoms with van der Waals surface area (Å²) in [6.07, 6.45) is -0.479. The predicted octanol–water partition coefficient (Wildman–Crippen LogP) is 0.564. The van der Waals surface area contributed by atoms with Gasteiger partial charge in [0, 0.05) is 12.3 Å². The van der Waals surface area contributed by atoms with E-state index in [0.29, 0.717) is 6.42 Å². The number of hydroxylamine groups is 1. The number of amides is 2. The first-order valence-corrected chi connectivity index (χ1v) is 5.06. The van der Waals surface area contributed by atoms with E-state index < -0.39 is 17.6 Å². The van der Waals surface area contributed by atoms with Crippen LogP contribution >= 0.6 is 0 Å². The number of nitrogens with two attached hydrogens (primary N) is 1. The second-order valence-corrected chi connectivity index (χ2v) is 5.07. The zero-order valence-corrected chi connectivity index (χ0v) is 9.99. The van der Waals surface area contributed by atoms with E-state index in [1.807, 2.05) is 20.8 Å². The van der Waals surface area contributed by atoms with Crippen molar-refractivity contribution < 1.29 is 19.2 Å². The van der Waals surface area contributed by atoms with Crippen LogP contribution in [0.1, 0.15) is 27.2 Å². The van der Waals surface area contributed by atoms with E-state index >= 15 is 0 Å². The summed E-state index contributed by atoms with van der Waals surface area (Å²) in [7, 11) is 1.32. The summed E-state index contributed by atoms with van der Waals surface area (Å²) in [5.41, 5.74) is 5.86. The topological polar surface area (TPSA) is 90.7 Å². The van der Waals surface area contributed by atoms with Crippen molar-refractivity contribution in [3.63, 3.8) is 0 Å². The number of carbonyl (C=O) groups excluding carboxylic acids is 2. The van der Waals surface area contributed by atoms with Crippen LogP contribution in [-0.4, -0.2) is 24.7 Å². The molecule has 0 bridgehead atoms. The highest BCUT2D eigenvalue weighted by Crippen LogP contribution is 2.56. The third kappa shape index (κ3) is 2.27. The van der Waals surface area contributed by atoms with Crippen molar-refractivity contribution in [3.8, 4) is 0 Å². The van der Waals surface area contributed by atoms with Crippen LogP contribution in [0, 0.1) is 11.3 Å². The first kappa shape index (κ1) is 12.8. The predicted molar refractivity (Wildman–Crippen MR) is 56.1 cm³/mol. The molecule has 2 amide bonds. The van der Waals surface area contributed by atoms with Gasteiger partial charge in [0.1, 0.15) is 0 Å². The Kier molecular flexibility index (Phi) is 3.14. The fourth-order valence-corrected chi connectivity index (χ4v) is 2.02. The molecule has 0 radical (unpaired) electrons. The Balaban J connectivity index is 2.83. The molecular formula is C10H18N2O4. The van der Waals surface area contributed by atoms with Crippen molar-refractivity contribution in [2.24, 2.45) is 17.1 Å². The average Bonchev–Trinajstić information content (AvgIpc) is 2.79. The molecule has 1 aliphatic rings. The van der Waals surface area contributed by atoms with Gasteiger partial charge in [-0.1, -0.05) is 20.8 Å². The minimum absolute atomic E-state index is 0.0531. The molecule has 0 aromatic carbocycles. The third-order valence-corrected chi connectivity index (χ3v) is 2.82. The van der Waals surface area contributed by atoms with Crippen LogP contribution in [0.3, 0.4) is 0 Å². The first-order chi connectivity index (χ1) is 7.24. The minimum Gasteiger partial charge on any atom is -0.433 e. The Morgan fingerprint density at radius 3 is 2.31 bits per heavy atom. The zero-order valence-electron chi connectivity index (χ0n) is 9.99. The van der Waals surface area contributed by atoms with Crippen molar-refractivity contribution in [3.05, 3.63) is 0 Å². The maximum Gasteiger partial charge on any atom is 0.405 e. The molecule has 3 N–H and O–H groups in total. The van der Waals surface area contributed by atoms with E-state index in [2.05, 4.69) is 10.3 Å². The van der Waals surface area contributed by atoms with Gasteiger partial charge in [0.25, 0.3) is 5.91 Å². The summed E-state index contributed by atoms with van der Waals surface area (Å²) in [5, 5.41) is 0. The molecule has 0 spiro atoms. The zero-order chi connectivity index (χ0) is 12.6. The lowest BCUT2D eigenvalue weighted by molar-refractivity contribution is -0.144. The monoisotopic (exact) mass is 230 g/mol. The van der Waals surface area contributed by atoms with Crippen LogP contribution in [0.25, 0.3) is 0 Å². The van der Waals surface area contributed by atoms with Gasteiger partial charge in [-0.25, -0.2) is 10.3 Å². The van der Waals surface area contributed by atoms with Gasteiger partial charge in [0.2, 0.25) is 0 Å². The largest absolute Gasteiger partial charge is 0.433 e. The maximum absolute atomic E-state index is 11.8. The number of hydrogen-bond donors (Lipinski definition) is 2. The number of rotatable bonds is 3. The minimum atomic E-state index is -1.17. The van der Waals surface area contributed by atoms with E-state index in [4.69, 9.17) is 10.5 Å². The second kappa shape index (κ2) is 3.93. The average molecular weight is 230 g/mol. The second-order valence-electron chi connectivity index (χ2n) is 5.07. The standard InChI is InChI=1S/C10H18N2O4/c1-9(2,3)6-5-10(6,16-8(11)14)7(13)12-15-4/h6H,5H2,1-4H3,(H2,11,14)(H,12,13). The van der Waals surface area contributed by atoms with E-state index in [1.165, 1.54) is 7.11 Å². The number of nitrogens with one attached hydrogen (secondary N) is 1. The lowest BCUT2D eigenvalue weighted by atomic mass is 9.88. The lowest BCUT2D eigenvalue weighted by Crippen LogP contribution is -2.43. The first-order valence-electron chi connectivity index (χ1n) is 5.06. The lowest BCUT2D eigenvalue weighted by Gasteiger charge is -2.23. The third-order valence-electron chi connectivity index (χ3n) is 2.82. The number of ether oxygens (including phenoxy) is 1. The number of hydrogen-bond acceptors (Lipinski definition) is 4. The van der Waals surface area contributed by atoms with Crippen molar-refractivity contribution in [2.75, 3.05) is 7.11 Å². The fraction of sp³-hybridized carbons (Fsp3) is 0.800. The normalized spacial score (nSPS) is 28.4. The van der Waals surface area contributed by atoms with Gasteiger partial charge < -0.3 is 10.5 Å². The Labute approximate surface area is 94.4 Å². The summed E-state index contributed by atoms with van der Waals surface area (Å²) in [4.78, 5) is 27.1. The Hall–Kier alpha value is -1.30. The molecule has 0 saturated heterocycles.